The van der Waals surface area contributed by atoms with Crippen molar-refractivity contribution in [3.63, 3.8) is 0 Å². The number of nitrogens with zero attached hydrogens (tertiary/aromatic N) is 1. The van der Waals surface area contributed by atoms with Gasteiger partial charge < -0.3 is 9.72 Å². The molecular formula is C10H14Cl2N2O2. The second-order valence-electron chi connectivity index (χ2n) is 3.39. The molecule has 0 aromatic carbocycles. The number of carbonyl (C=O) groups is 1. The Kier molecular flexibility index (Phi) is 5.63. The summed E-state index contributed by atoms with van der Waals surface area (Å²) in [5, 5.41) is 0.235. The number of aromatic nitrogens is 2. The Balaban J connectivity index is 2.30. The summed E-state index contributed by atoms with van der Waals surface area (Å²) < 4.78 is 4.99. The number of carbonyl (C=O) groups excluding carboxylic acids is 1. The van der Waals surface area contributed by atoms with Gasteiger partial charge in [-0.1, -0.05) is 49.4 Å². The monoisotopic (exact) mass is 264 g/mol. The molecule has 0 aliphatic rings. The Bertz CT molecular complexity index is 333. The molecule has 0 spiro atoms. The first-order valence-electron chi connectivity index (χ1n) is 5.23. The number of aromatic amines is 1. The van der Waals surface area contributed by atoms with Crippen LogP contribution in [0.3, 0.4) is 0 Å². The summed E-state index contributed by atoms with van der Waals surface area (Å²) in [6, 6.07) is 0. The van der Waals surface area contributed by atoms with Crippen LogP contribution < -0.4 is 0 Å². The molecule has 0 bridgehead atoms. The Hall–Kier alpha value is -0.740. The van der Waals surface area contributed by atoms with Crippen molar-refractivity contribution in [1.29, 1.82) is 0 Å². The highest BCUT2D eigenvalue weighted by Gasteiger charge is 2.14. The molecule has 1 rings (SSSR count). The lowest BCUT2D eigenvalue weighted by atomic mass is 10.2. The van der Waals surface area contributed by atoms with E-state index >= 15 is 0 Å². The van der Waals surface area contributed by atoms with Gasteiger partial charge in [0.2, 0.25) is 5.82 Å². The van der Waals surface area contributed by atoms with Gasteiger partial charge in [0.15, 0.2) is 5.15 Å². The summed E-state index contributed by atoms with van der Waals surface area (Å²) in [6.45, 7) is 2.52. The molecule has 90 valence electrons. The van der Waals surface area contributed by atoms with Gasteiger partial charge >= 0.3 is 5.97 Å². The zero-order valence-electron chi connectivity index (χ0n) is 9.06. The van der Waals surface area contributed by atoms with E-state index < -0.39 is 5.97 Å². The number of unbranched alkanes of at least 4 members (excludes halogenated alkanes) is 3. The molecule has 6 heteroatoms. The molecule has 0 fully saturated rings. The highest BCUT2D eigenvalue weighted by molar-refractivity contribution is 6.40. The van der Waals surface area contributed by atoms with Crippen LogP contribution in [0.25, 0.3) is 0 Å². The zero-order chi connectivity index (χ0) is 12.0. The number of hydrogen-bond acceptors (Lipinski definition) is 3. The van der Waals surface area contributed by atoms with Crippen LogP contribution in [0.5, 0.6) is 0 Å². The Morgan fingerprint density at radius 1 is 1.38 bits per heavy atom. The van der Waals surface area contributed by atoms with Gasteiger partial charge in [-0.2, -0.15) is 0 Å². The molecule has 1 heterocycles. The molecule has 0 saturated carbocycles. The predicted molar refractivity (Wildman–Crippen MR) is 63.0 cm³/mol. The normalized spacial score (nSPS) is 10.4. The summed E-state index contributed by atoms with van der Waals surface area (Å²) in [6.07, 6.45) is 4.22. The fourth-order valence-electron chi connectivity index (χ4n) is 1.19. The van der Waals surface area contributed by atoms with Crippen molar-refractivity contribution in [2.24, 2.45) is 0 Å². The van der Waals surface area contributed by atoms with Crippen molar-refractivity contribution in [3.8, 4) is 0 Å². The van der Waals surface area contributed by atoms with E-state index in [-0.39, 0.29) is 16.1 Å². The molecular weight excluding hydrogens is 251 g/mol. The van der Waals surface area contributed by atoms with E-state index in [0.29, 0.717) is 6.61 Å². The van der Waals surface area contributed by atoms with Crippen molar-refractivity contribution in [2.45, 2.75) is 32.6 Å². The van der Waals surface area contributed by atoms with E-state index in [0.717, 1.165) is 25.7 Å². The van der Waals surface area contributed by atoms with Crippen LogP contribution in [-0.2, 0) is 4.74 Å². The highest BCUT2D eigenvalue weighted by Crippen LogP contribution is 2.18. The van der Waals surface area contributed by atoms with Crippen molar-refractivity contribution in [3.05, 3.63) is 16.1 Å². The molecule has 0 amide bonds. The maximum Gasteiger partial charge on any atom is 0.374 e. The van der Waals surface area contributed by atoms with E-state index in [9.17, 15) is 4.79 Å². The lowest BCUT2D eigenvalue weighted by Crippen LogP contribution is -2.08. The second kappa shape index (κ2) is 6.76. The standard InChI is InChI=1S/C10H14Cl2N2O2/c1-2-3-4-5-6-16-10(15)9-13-7(11)8(12)14-9/h2-6H2,1H3,(H,13,14). The van der Waals surface area contributed by atoms with Crippen LogP contribution in [0.15, 0.2) is 0 Å². The largest absolute Gasteiger partial charge is 0.460 e. The second-order valence-corrected chi connectivity index (χ2v) is 4.12. The van der Waals surface area contributed by atoms with Crippen LogP contribution in [0.4, 0.5) is 0 Å². The highest BCUT2D eigenvalue weighted by atomic mass is 35.5. The SMILES string of the molecule is CCCCCCOC(=O)c1nc(Cl)c(Cl)[nH]1. The van der Waals surface area contributed by atoms with Gasteiger partial charge in [-0.15, -0.1) is 0 Å². The third-order valence-electron chi connectivity index (χ3n) is 2.04. The van der Waals surface area contributed by atoms with Gasteiger partial charge in [-0.25, -0.2) is 9.78 Å². The van der Waals surface area contributed by atoms with Crippen molar-refractivity contribution < 1.29 is 9.53 Å². The smallest absolute Gasteiger partial charge is 0.374 e. The summed E-state index contributed by atoms with van der Waals surface area (Å²) in [5.74, 6) is -0.476. The van der Waals surface area contributed by atoms with Gasteiger partial charge in [0.25, 0.3) is 0 Å². The zero-order valence-corrected chi connectivity index (χ0v) is 10.6. The molecule has 1 N–H and O–H groups in total. The minimum absolute atomic E-state index is 0.0468. The number of ether oxygens (including phenoxy) is 1. The number of esters is 1. The predicted octanol–water partition coefficient (Wildman–Crippen LogP) is 3.45. The van der Waals surface area contributed by atoms with Gasteiger partial charge in [0, 0.05) is 0 Å². The maximum absolute atomic E-state index is 11.4. The van der Waals surface area contributed by atoms with Crippen LogP contribution in [-0.4, -0.2) is 22.5 Å². The first-order valence-corrected chi connectivity index (χ1v) is 5.99. The van der Waals surface area contributed by atoms with E-state index in [1.807, 2.05) is 0 Å². The first kappa shape index (κ1) is 13.3. The minimum Gasteiger partial charge on any atom is -0.460 e. The summed E-state index contributed by atoms with van der Waals surface area (Å²) >= 11 is 11.2. The average molecular weight is 265 g/mol. The summed E-state index contributed by atoms with van der Waals surface area (Å²) in [7, 11) is 0. The Morgan fingerprint density at radius 3 is 2.69 bits per heavy atom. The van der Waals surface area contributed by atoms with Gasteiger partial charge in [0.05, 0.1) is 6.61 Å². The third kappa shape index (κ3) is 4.02. The van der Waals surface area contributed by atoms with Crippen LogP contribution in [0, 0.1) is 0 Å². The number of imidazole rings is 1. The quantitative estimate of drug-likeness (QED) is 0.633. The lowest BCUT2D eigenvalue weighted by molar-refractivity contribution is 0.0484. The molecule has 1 aromatic rings. The van der Waals surface area contributed by atoms with Crippen LogP contribution >= 0.6 is 23.2 Å². The van der Waals surface area contributed by atoms with Crippen molar-refractivity contribution in [2.75, 3.05) is 6.61 Å². The lowest BCUT2D eigenvalue weighted by Gasteiger charge is -2.01. The van der Waals surface area contributed by atoms with E-state index in [4.69, 9.17) is 27.9 Å². The van der Waals surface area contributed by atoms with Crippen LogP contribution in [0.2, 0.25) is 10.3 Å². The summed E-state index contributed by atoms with van der Waals surface area (Å²) in [4.78, 5) is 17.7. The average Bonchev–Trinajstić information content (AvgIpc) is 2.59. The molecule has 16 heavy (non-hydrogen) atoms. The molecule has 4 nitrogen and oxygen atoms in total. The van der Waals surface area contributed by atoms with Crippen molar-refractivity contribution >= 4 is 29.2 Å². The molecule has 0 saturated heterocycles. The van der Waals surface area contributed by atoms with E-state index in [1.54, 1.807) is 0 Å². The first-order chi connectivity index (χ1) is 7.65. The maximum atomic E-state index is 11.4. The Morgan fingerprint density at radius 2 is 2.12 bits per heavy atom. The fourth-order valence-corrected chi connectivity index (χ4v) is 1.45. The summed E-state index contributed by atoms with van der Waals surface area (Å²) in [5.41, 5.74) is 0. The molecule has 0 atom stereocenters. The van der Waals surface area contributed by atoms with Gasteiger partial charge in [-0.05, 0) is 6.42 Å². The molecule has 0 unspecified atom stereocenters. The topological polar surface area (TPSA) is 55.0 Å². The third-order valence-corrected chi connectivity index (χ3v) is 2.69. The van der Waals surface area contributed by atoms with Crippen LogP contribution in [0.1, 0.15) is 43.2 Å². The minimum atomic E-state index is -0.523. The Labute approximate surface area is 104 Å². The van der Waals surface area contributed by atoms with Crippen molar-refractivity contribution in [1.82, 2.24) is 9.97 Å². The number of rotatable bonds is 6. The van der Waals surface area contributed by atoms with Gasteiger partial charge in [0.1, 0.15) is 5.15 Å². The molecule has 1 aromatic heterocycles. The van der Waals surface area contributed by atoms with E-state index in [2.05, 4.69) is 16.9 Å². The number of halogens is 2. The number of hydrogen-bond donors (Lipinski definition) is 1. The number of H-pyrrole nitrogens is 1. The molecule has 0 radical (unpaired) electrons. The molecule has 0 aliphatic heterocycles. The van der Waals surface area contributed by atoms with Gasteiger partial charge in [-0.3, -0.25) is 0 Å². The fraction of sp³-hybridized carbons (Fsp3) is 0.600. The number of nitrogens with one attached hydrogen (secondary N) is 1. The molecule has 0 aliphatic carbocycles. The van der Waals surface area contributed by atoms with E-state index in [1.165, 1.54) is 0 Å².